The van der Waals surface area contributed by atoms with Crippen molar-refractivity contribution in [1.29, 1.82) is 0 Å². The zero-order chi connectivity index (χ0) is 37.5. The lowest BCUT2D eigenvalue weighted by molar-refractivity contribution is 0.669. The molecule has 266 valence electrons. The maximum Gasteiger partial charge on any atom is 0.159 e. The molecule has 2 heterocycles. The Kier molecular flexibility index (Phi) is 6.93. The quantitative estimate of drug-likeness (QED) is 0.165. The topological polar surface area (TPSA) is 21.3 Å². The number of hydrogen-bond acceptors (Lipinski definition) is 2. The molecule has 0 saturated carbocycles. The first-order chi connectivity index (χ1) is 28.3. The molecule has 12 aromatic rings. The Morgan fingerprint density at radius 1 is 0.386 bits per heavy atom. The summed E-state index contributed by atoms with van der Waals surface area (Å²) in [6.45, 7) is 0. The van der Waals surface area contributed by atoms with Crippen LogP contribution in [0.3, 0.4) is 0 Å². The van der Waals surface area contributed by atoms with Gasteiger partial charge in [0, 0.05) is 38.6 Å². The summed E-state index contributed by atoms with van der Waals surface area (Å²) < 4.78 is 9.05. The summed E-state index contributed by atoms with van der Waals surface area (Å²) in [6.07, 6.45) is 0. The fraction of sp³-hybridized carbons (Fsp3) is 0. The minimum Gasteiger partial charge on any atom is -0.454 e. The Hall–Kier alpha value is -7.62. The van der Waals surface area contributed by atoms with Crippen molar-refractivity contribution >= 4 is 93.1 Å². The number of rotatable bonds is 5. The molecule has 2 aromatic heterocycles. The van der Waals surface area contributed by atoms with E-state index in [1.54, 1.807) is 0 Å². The van der Waals surface area contributed by atoms with Gasteiger partial charge in [0.1, 0.15) is 5.58 Å². The summed E-state index contributed by atoms with van der Waals surface area (Å²) in [5, 5.41) is 12.3. The molecule has 0 aliphatic heterocycles. The number of anilines is 3. The molecule has 3 heteroatoms. The third-order valence-electron chi connectivity index (χ3n) is 11.8. The lowest BCUT2D eigenvalue weighted by atomic mass is 9.93. The van der Waals surface area contributed by atoms with Crippen molar-refractivity contribution in [2.75, 3.05) is 4.90 Å². The van der Waals surface area contributed by atoms with E-state index in [0.29, 0.717) is 0 Å². The normalized spacial score (nSPS) is 11.9. The monoisotopic (exact) mass is 726 g/mol. The zero-order valence-electron chi connectivity index (χ0n) is 30.9. The third-order valence-corrected chi connectivity index (χ3v) is 11.8. The molecule has 0 fully saturated rings. The number of hydrogen-bond donors (Lipinski definition) is 0. The van der Waals surface area contributed by atoms with Crippen molar-refractivity contribution in [3.8, 4) is 16.8 Å². The molecule has 0 radical (unpaired) electrons. The number of fused-ring (bicyclic) bond motifs is 11. The summed E-state index contributed by atoms with van der Waals surface area (Å²) >= 11 is 0. The van der Waals surface area contributed by atoms with Crippen molar-refractivity contribution in [2.24, 2.45) is 0 Å². The average molecular weight is 727 g/mol. The number of benzene rings is 10. The lowest BCUT2D eigenvalue weighted by Gasteiger charge is -2.26. The van der Waals surface area contributed by atoms with Crippen LogP contribution < -0.4 is 4.90 Å². The Morgan fingerprint density at radius 3 is 1.81 bits per heavy atom. The fourth-order valence-electron chi connectivity index (χ4n) is 9.19. The number of furan rings is 1. The van der Waals surface area contributed by atoms with Crippen LogP contribution in [0.25, 0.3) is 92.9 Å². The fourth-order valence-corrected chi connectivity index (χ4v) is 9.19. The first kappa shape index (κ1) is 31.7. The number of nitrogens with zero attached hydrogens (tertiary/aromatic N) is 2. The van der Waals surface area contributed by atoms with Gasteiger partial charge in [0.05, 0.1) is 16.7 Å². The second kappa shape index (κ2) is 12.5. The molecule has 0 spiro atoms. The molecular weight excluding hydrogens is 693 g/mol. The second-order valence-electron chi connectivity index (χ2n) is 14.9. The summed E-state index contributed by atoms with van der Waals surface area (Å²) in [7, 11) is 0. The Bertz CT molecular complexity index is 3520. The molecule has 0 aliphatic rings. The van der Waals surface area contributed by atoms with E-state index in [4.69, 9.17) is 4.42 Å². The molecule has 0 bridgehead atoms. The highest BCUT2D eigenvalue weighted by Gasteiger charge is 2.21. The lowest BCUT2D eigenvalue weighted by Crippen LogP contribution is -2.10. The Balaban J connectivity index is 1.03. The van der Waals surface area contributed by atoms with Gasteiger partial charge in [-0.3, -0.25) is 0 Å². The maximum absolute atomic E-state index is 6.66. The van der Waals surface area contributed by atoms with E-state index in [1.807, 2.05) is 6.07 Å². The maximum atomic E-state index is 6.66. The van der Waals surface area contributed by atoms with Gasteiger partial charge in [0.25, 0.3) is 0 Å². The molecule has 10 aromatic carbocycles. The van der Waals surface area contributed by atoms with Crippen LogP contribution in [0, 0.1) is 0 Å². The highest BCUT2D eigenvalue weighted by atomic mass is 16.3. The van der Waals surface area contributed by atoms with E-state index in [-0.39, 0.29) is 0 Å². The Morgan fingerprint density at radius 2 is 1.00 bits per heavy atom. The van der Waals surface area contributed by atoms with Crippen molar-refractivity contribution in [1.82, 2.24) is 4.57 Å². The van der Waals surface area contributed by atoms with Gasteiger partial charge in [-0.15, -0.1) is 0 Å². The van der Waals surface area contributed by atoms with Crippen LogP contribution in [0.5, 0.6) is 0 Å². The summed E-state index contributed by atoms with van der Waals surface area (Å²) in [4.78, 5) is 2.33. The van der Waals surface area contributed by atoms with Gasteiger partial charge in [-0.1, -0.05) is 140 Å². The van der Waals surface area contributed by atoms with Gasteiger partial charge in [0.15, 0.2) is 5.58 Å². The Labute approximate surface area is 328 Å². The van der Waals surface area contributed by atoms with E-state index in [2.05, 4.69) is 210 Å². The second-order valence-corrected chi connectivity index (χ2v) is 14.9. The number of aromatic nitrogens is 1. The van der Waals surface area contributed by atoms with Crippen molar-refractivity contribution in [3.63, 3.8) is 0 Å². The molecule has 3 nitrogen and oxygen atoms in total. The smallest absolute Gasteiger partial charge is 0.159 e. The minimum atomic E-state index is 0.863. The van der Waals surface area contributed by atoms with Crippen LogP contribution in [0.2, 0.25) is 0 Å². The van der Waals surface area contributed by atoms with E-state index in [1.165, 1.54) is 65.3 Å². The van der Waals surface area contributed by atoms with Crippen molar-refractivity contribution in [2.45, 2.75) is 0 Å². The molecule has 0 saturated heterocycles. The predicted molar refractivity (Wildman–Crippen MR) is 241 cm³/mol. The first-order valence-electron chi connectivity index (χ1n) is 19.5. The molecule has 12 rings (SSSR count). The van der Waals surface area contributed by atoms with E-state index >= 15 is 0 Å². The summed E-state index contributed by atoms with van der Waals surface area (Å²) in [6, 6.07) is 74.4. The number of para-hydroxylation sites is 3. The standard InChI is InChI=1S/C54H34N2O/c1-4-15-42-35(12-1)26-33-50-53(42)47-19-7-9-21-49(47)56(50)40-31-29-39(30-32-40)55(51-22-11-20-46-45-18-8-10-23-52(45)57-54(46)51)38-27-24-36(25-28-38)48-34-37-13-2-3-14-41(37)43-16-5-6-17-44(43)48/h1-34H. The highest BCUT2D eigenvalue weighted by molar-refractivity contribution is 6.21. The van der Waals surface area contributed by atoms with E-state index in [9.17, 15) is 0 Å². The van der Waals surface area contributed by atoms with E-state index in [0.717, 1.165) is 44.7 Å². The van der Waals surface area contributed by atoms with Gasteiger partial charge in [-0.25, -0.2) is 0 Å². The van der Waals surface area contributed by atoms with Crippen molar-refractivity contribution < 1.29 is 4.42 Å². The molecule has 0 atom stereocenters. The van der Waals surface area contributed by atoms with Crippen LogP contribution in [0.15, 0.2) is 211 Å². The van der Waals surface area contributed by atoms with Crippen molar-refractivity contribution in [3.05, 3.63) is 206 Å². The van der Waals surface area contributed by atoms with Crippen LogP contribution in [-0.2, 0) is 0 Å². The van der Waals surface area contributed by atoms with Gasteiger partial charge in [0.2, 0.25) is 0 Å². The summed E-state index contributed by atoms with van der Waals surface area (Å²) in [5.74, 6) is 0. The summed E-state index contributed by atoms with van der Waals surface area (Å²) in [5.41, 5.74) is 10.7. The third kappa shape index (κ3) is 4.86. The predicted octanol–water partition coefficient (Wildman–Crippen LogP) is 15.3. The van der Waals surface area contributed by atoms with Crippen LogP contribution in [-0.4, -0.2) is 4.57 Å². The average Bonchev–Trinajstić information content (AvgIpc) is 3.84. The van der Waals surface area contributed by atoms with Crippen LogP contribution in [0.4, 0.5) is 17.1 Å². The van der Waals surface area contributed by atoms with Gasteiger partial charge in [-0.2, -0.15) is 0 Å². The van der Waals surface area contributed by atoms with Gasteiger partial charge < -0.3 is 13.9 Å². The largest absolute Gasteiger partial charge is 0.454 e. The zero-order valence-corrected chi connectivity index (χ0v) is 30.9. The van der Waals surface area contributed by atoms with Crippen LogP contribution >= 0.6 is 0 Å². The highest BCUT2D eigenvalue weighted by Crippen LogP contribution is 2.44. The van der Waals surface area contributed by atoms with Gasteiger partial charge in [-0.05, 0) is 110 Å². The molecule has 0 unspecified atom stereocenters. The molecule has 57 heavy (non-hydrogen) atoms. The van der Waals surface area contributed by atoms with E-state index < -0.39 is 0 Å². The molecule has 0 aliphatic carbocycles. The van der Waals surface area contributed by atoms with Gasteiger partial charge >= 0.3 is 0 Å². The molecule has 0 amide bonds. The first-order valence-corrected chi connectivity index (χ1v) is 19.5. The minimum absolute atomic E-state index is 0.863. The molecular formula is C54H34N2O. The SMILES string of the molecule is c1ccc2c(c1)cc(-c1ccc(N(c3ccc(-n4c5ccccc5c5c6ccccc6ccc54)cc3)c3cccc4c3oc3ccccc34)cc1)c1ccccc12. The molecule has 0 N–H and O–H groups in total. The van der Waals surface area contributed by atoms with Crippen LogP contribution in [0.1, 0.15) is 0 Å².